The zero-order valence-electron chi connectivity index (χ0n) is 14.2. The molecule has 25 heavy (non-hydrogen) atoms. The van der Waals surface area contributed by atoms with E-state index >= 15 is 0 Å². The molecule has 3 atom stereocenters. The van der Waals surface area contributed by atoms with E-state index in [1.165, 1.54) is 11.0 Å². The number of benzene rings is 1. The molecule has 7 heteroatoms. The van der Waals surface area contributed by atoms with Crippen LogP contribution >= 0.6 is 0 Å². The molecular weight excluding hydrogens is 325 g/mol. The lowest BCUT2D eigenvalue weighted by molar-refractivity contribution is -0.163. The molecule has 2 amide bonds. The molecule has 1 aromatic rings. The van der Waals surface area contributed by atoms with Crippen LogP contribution in [0.15, 0.2) is 18.2 Å². The molecular formula is C18H22FN3O3. The summed E-state index contributed by atoms with van der Waals surface area (Å²) in [6, 6.07) is 3.98. The summed E-state index contributed by atoms with van der Waals surface area (Å²) in [5, 5.41) is 9.82. The molecule has 4 rings (SSSR count). The second-order valence-electron chi connectivity index (χ2n) is 7.27. The minimum absolute atomic E-state index is 0.0671. The Morgan fingerprint density at radius 2 is 1.88 bits per heavy atom. The number of hydrogen-bond acceptors (Lipinski definition) is 4. The fourth-order valence-corrected chi connectivity index (χ4v) is 4.20. The van der Waals surface area contributed by atoms with Crippen LogP contribution in [0.25, 0.3) is 0 Å². The first kappa shape index (κ1) is 16.5. The molecule has 3 fully saturated rings. The van der Waals surface area contributed by atoms with Crippen molar-refractivity contribution in [1.29, 1.82) is 0 Å². The summed E-state index contributed by atoms with van der Waals surface area (Å²) in [6.07, 6.45) is -0.303. The molecule has 3 aliphatic rings. The number of rotatable bonds is 2. The highest BCUT2D eigenvalue weighted by molar-refractivity contribution is 5.97. The topological polar surface area (TPSA) is 64.1 Å². The van der Waals surface area contributed by atoms with Gasteiger partial charge in [-0.1, -0.05) is 17.7 Å². The van der Waals surface area contributed by atoms with E-state index in [1.54, 1.807) is 11.0 Å². The van der Waals surface area contributed by atoms with Crippen LogP contribution in [0.5, 0.6) is 0 Å². The van der Waals surface area contributed by atoms with E-state index in [0.717, 1.165) is 5.56 Å². The van der Waals surface area contributed by atoms with E-state index < -0.39 is 18.2 Å². The van der Waals surface area contributed by atoms with Crippen molar-refractivity contribution in [2.24, 2.45) is 0 Å². The molecule has 0 bridgehead atoms. The van der Waals surface area contributed by atoms with Gasteiger partial charge < -0.3 is 14.9 Å². The molecule has 3 aliphatic heterocycles. The SMILES string of the molecule is Cc1ccc(F)c(CN2CCN3C(=O)[C@@H]4C[C@@H](O)CN4C(=O)[C@H]3C2)c1. The molecule has 6 nitrogen and oxygen atoms in total. The maximum Gasteiger partial charge on any atom is 0.247 e. The third-order valence-electron chi connectivity index (χ3n) is 5.47. The molecule has 134 valence electrons. The minimum Gasteiger partial charge on any atom is -0.391 e. The Hall–Kier alpha value is -1.99. The third-order valence-corrected chi connectivity index (χ3v) is 5.47. The van der Waals surface area contributed by atoms with E-state index in [1.807, 2.05) is 17.9 Å². The number of fused-ring (bicyclic) bond motifs is 2. The Labute approximate surface area is 145 Å². The van der Waals surface area contributed by atoms with Crippen LogP contribution in [0.1, 0.15) is 17.5 Å². The van der Waals surface area contributed by atoms with Crippen molar-refractivity contribution in [3.05, 3.63) is 35.1 Å². The average Bonchev–Trinajstić information content (AvgIpc) is 2.98. The Kier molecular flexibility index (Phi) is 4.00. The second-order valence-corrected chi connectivity index (χ2v) is 7.27. The summed E-state index contributed by atoms with van der Waals surface area (Å²) in [6.45, 7) is 4.04. The maximum atomic E-state index is 14.0. The first-order valence-corrected chi connectivity index (χ1v) is 8.70. The molecule has 0 aromatic heterocycles. The summed E-state index contributed by atoms with van der Waals surface area (Å²) in [5.74, 6) is -0.417. The van der Waals surface area contributed by atoms with Gasteiger partial charge in [-0.3, -0.25) is 14.5 Å². The number of carbonyl (C=O) groups excluding carboxylic acids is 2. The predicted octanol–water partition coefficient (Wildman–Crippen LogP) is 0.122. The van der Waals surface area contributed by atoms with Crippen LogP contribution in [-0.2, 0) is 16.1 Å². The molecule has 3 heterocycles. The van der Waals surface area contributed by atoms with Crippen molar-refractivity contribution in [2.45, 2.75) is 38.1 Å². The van der Waals surface area contributed by atoms with Gasteiger partial charge in [-0.25, -0.2) is 4.39 Å². The quantitative estimate of drug-likeness (QED) is 0.826. The number of piperazine rings is 2. The first-order chi connectivity index (χ1) is 11.9. The van der Waals surface area contributed by atoms with Crippen LogP contribution in [0.3, 0.4) is 0 Å². The van der Waals surface area contributed by atoms with Crippen LogP contribution in [-0.4, -0.2) is 76.0 Å². The van der Waals surface area contributed by atoms with Crippen molar-refractivity contribution in [1.82, 2.24) is 14.7 Å². The molecule has 1 aromatic carbocycles. The van der Waals surface area contributed by atoms with Gasteiger partial charge in [0.25, 0.3) is 0 Å². The van der Waals surface area contributed by atoms with Crippen LogP contribution < -0.4 is 0 Å². The smallest absolute Gasteiger partial charge is 0.247 e. The van der Waals surface area contributed by atoms with Gasteiger partial charge in [0, 0.05) is 44.7 Å². The number of amides is 2. The summed E-state index contributed by atoms with van der Waals surface area (Å²) < 4.78 is 14.0. The molecule has 0 spiro atoms. The fourth-order valence-electron chi connectivity index (χ4n) is 4.20. The van der Waals surface area contributed by atoms with Gasteiger partial charge >= 0.3 is 0 Å². The highest BCUT2D eigenvalue weighted by atomic mass is 19.1. The van der Waals surface area contributed by atoms with E-state index in [9.17, 15) is 19.1 Å². The van der Waals surface area contributed by atoms with E-state index in [4.69, 9.17) is 0 Å². The van der Waals surface area contributed by atoms with Gasteiger partial charge in [-0.2, -0.15) is 0 Å². The highest BCUT2D eigenvalue weighted by Crippen LogP contribution is 2.29. The number of aliphatic hydroxyl groups is 1. The maximum absolute atomic E-state index is 14.0. The second kappa shape index (κ2) is 6.07. The van der Waals surface area contributed by atoms with Gasteiger partial charge in [0.05, 0.1) is 6.10 Å². The predicted molar refractivity (Wildman–Crippen MR) is 88.0 cm³/mol. The standard InChI is InChI=1S/C18H22FN3O3/c1-11-2-3-14(19)12(6-11)8-20-4-5-21-16(10-20)18(25)22-9-13(23)7-15(22)17(21)24/h2-3,6,13,15-16,23H,4-5,7-10H2,1H3/t13-,15+,16-/m1/s1. The van der Waals surface area contributed by atoms with Crippen molar-refractivity contribution in [3.8, 4) is 0 Å². The van der Waals surface area contributed by atoms with Crippen LogP contribution in [0, 0.1) is 12.7 Å². The Balaban J connectivity index is 1.51. The van der Waals surface area contributed by atoms with E-state index in [0.29, 0.717) is 38.2 Å². The number of aliphatic hydroxyl groups excluding tert-OH is 1. The molecule has 3 saturated heterocycles. The summed E-state index contributed by atoms with van der Waals surface area (Å²) >= 11 is 0. The summed E-state index contributed by atoms with van der Waals surface area (Å²) in [5.41, 5.74) is 1.60. The largest absolute Gasteiger partial charge is 0.391 e. The molecule has 0 aliphatic carbocycles. The van der Waals surface area contributed by atoms with Crippen LogP contribution in [0.2, 0.25) is 0 Å². The lowest BCUT2D eigenvalue weighted by atomic mass is 10.0. The van der Waals surface area contributed by atoms with Crippen molar-refractivity contribution in [2.75, 3.05) is 26.2 Å². The minimum atomic E-state index is -0.628. The Bertz CT molecular complexity index is 726. The van der Waals surface area contributed by atoms with Gasteiger partial charge in [-0.15, -0.1) is 0 Å². The Morgan fingerprint density at radius 3 is 2.68 bits per heavy atom. The van der Waals surface area contributed by atoms with Gasteiger partial charge in [0.15, 0.2) is 0 Å². The van der Waals surface area contributed by atoms with Gasteiger partial charge in [0.2, 0.25) is 11.8 Å². The molecule has 0 saturated carbocycles. The number of aryl methyl sites for hydroxylation is 1. The number of halogens is 1. The number of nitrogens with zero attached hydrogens (tertiary/aromatic N) is 3. The van der Waals surface area contributed by atoms with Crippen LogP contribution in [0.4, 0.5) is 4.39 Å². The van der Waals surface area contributed by atoms with E-state index in [2.05, 4.69) is 0 Å². The van der Waals surface area contributed by atoms with Crippen molar-refractivity contribution < 1.29 is 19.1 Å². The van der Waals surface area contributed by atoms with E-state index in [-0.39, 0.29) is 24.2 Å². The Morgan fingerprint density at radius 1 is 1.12 bits per heavy atom. The number of hydrogen-bond donors (Lipinski definition) is 1. The molecule has 0 unspecified atom stereocenters. The summed E-state index contributed by atoms with van der Waals surface area (Å²) in [7, 11) is 0. The van der Waals surface area contributed by atoms with Crippen molar-refractivity contribution in [3.63, 3.8) is 0 Å². The zero-order chi connectivity index (χ0) is 17.7. The normalized spacial score (nSPS) is 29.8. The van der Waals surface area contributed by atoms with Gasteiger partial charge in [0.1, 0.15) is 17.9 Å². The summed E-state index contributed by atoms with van der Waals surface area (Å²) in [4.78, 5) is 30.6. The third kappa shape index (κ3) is 2.81. The first-order valence-electron chi connectivity index (χ1n) is 8.70. The lowest BCUT2D eigenvalue weighted by Gasteiger charge is -2.47. The van der Waals surface area contributed by atoms with Gasteiger partial charge in [-0.05, 0) is 13.0 Å². The van der Waals surface area contributed by atoms with Crippen molar-refractivity contribution >= 4 is 11.8 Å². The molecule has 1 N–H and O–H groups in total. The zero-order valence-corrected chi connectivity index (χ0v) is 14.2. The number of carbonyl (C=O) groups is 2. The average molecular weight is 347 g/mol. The molecule has 0 radical (unpaired) electrons. The fraction of sp³-hybridized carbons (Fsp3) is 0.556. The highest BCUT2D eigenvalue weighted by Gasteiger charge is 2.51. The lowest BCUT2D eigenvalue weighted by Crippen LogP contribution is -2.68. The monoisotopic (exact) mass is 347 g/mol.